The molecule has 0 bridgehead atoms. The number of rotatable bonds is 55. The van der Waals surface area contributed by atoms with Crippen molar-refractivity contribution in [2.24, 2.45) is 0 Å². The minimum absolute atomic E-state index is 0.107. The first kappa shape index (κ1) is 71.5. The van der Waals surface area contributed by atoms with Crippen molar-refractivity contribution in [2.45, 2.75) is 277 Å². The Bertz CT molecular complexity index is 1630. The van der Waals surface area contributed by atoms with Crippen molar-refractivity contribution in [3.05, 3.63) is 134 Å². The van der Waals surface area contributed by atoms with Crippen molar-refractivity contribution in [2.75, 3.05) is 13.2 Å². The highest BCUT2D eigenvalue weighted by molar-refractivity contribution is 5.71. The van der Waals surface area contributed by atoms with Crippen molar-refractivity contribution in [1.29, 1.82) is 0 Å². The predicted molar refractivity (Wildman–Crippen MR) is 329 cm³/mol. The molecule has 0 saturated heterocycles. The Morgan fingerprint density at radius 1 is 0.276 bits per heavy atom. The van der Waals surface area contributed by atoms with Gasteiger partial charge < -0.3 is 14.2 Å². The third-order valence-electron chi connectivity index (χ3n) is 12.9. The van der Waals surface area contributed by atoms with Crippen LogP contribution in [0.4, 0.5) is 0 Å². The van der Waals surface area contributed by atoms with E-state index in [0.717, 1.165) is 122 Å². The maximum atomic E-state index is 12.9. The number of hydrogen-bond donors (Lipinski definition) is 0. The Labute approximate surface area is 468 Å². The van der Waals surface area contributed by atoms with Crippen LogP contribution in [0.3, 0.4) is 0 Å². The van der Waals surface area contributed by atoms with Gasteiger partial charge in [0, 0.05) is 19.3 Å². The topological polar surface area (TPSA) is 78.9 Å². The van der Waals surface area contributed by atoms with Crippen LogP contribution in [-0.2, 0) is 28.6 Å². The van der Waals surface area contributed by atoms with Gasteiger partial charge in [0.15, 0.2) is 6.10 Å². The number of carbonyl (C=O) groups is 3. The van der Waals surface area contributed by atoms with E-state index in [1.54, 1.807) is 0 Å². The molecule has 0 aliphatic heterocycles. The molecule has 0 aromatic heterocycles. The molecule has 0 aromatic carbocycles. The maximum Gasteiger partial charge on any atom is 0.306 e. The largest absolute Gasteiger partial charge is 0.462 e. The van der Waals surface area contributed by atoms with E-state index in [0.29, 0.717) is 19.3 Å². The summed E-state index contributed by atoms with van der Waals surface area (Å²) in [7, 11) is 0. The smallest absolute Gasteiger partial charge is 0.306 e. The zero-order valence-corrected chi connectivity index (χ0v) is 49.2. The summed E-state index contributed by atoms with van der Waals surface area (Å²) in [5.74, 6) is -0.986. The van der Waals surface area contributed by atoms with Gasteiger partial charge in [0.05, 0.1) is 0 Å². The first-order valence-electron chi connectivity index (χ1n) is 31.2. The van der Waals surface area contributed by atoms with Gasteiger partial charge in [-0.1, -0.05) is 251 Å². The molecular formula is C70H114O6. The fourth-order valence-electron chi connectivity index (χ4n) is 8.20. The molecule has 0 fully saturated rings. The monoisotopic (exact) mass is 1050 g/mol. The average Bonchev–Trinajstić information content (AvgIpc) is 3.42. The Balaban J connectivity index is 4.47. The summed E-state index contributed by atoms with van der Waals surface area (Å²) in [6, 6.07) is 0. The van der Waals surface area contributed by atoms with Crippen LogP contribution >= 0.6 is 0 Å². The lowest BCUT2D eigenvalue weighted by atomic mass is 10.1. The summed E-state index contributed by atoms with van der Waals surface area (Å²) in [5, 5.41) is 0. The molecule has 430 valence electrons. The van der Waals surface area contributed by atoms with E-state index in [1.807, 2.05) is 0 Å². The average molecular weight is 1050 g/mol. The number of hydrogen-bond acceptors (Lipinski definition) is 6. The molecule has 0 aliphatic rings. The minimum Gasteiger partial charge on any atom is -0.462 e. The van der Waals surface area contributed by atoms with Crippen molar-refractivity contribution in [3.8, 4) is 0 Å². The van der Waals surface area contributed by atoms with E-state index in [9.17, 15) is 14.4 Å². The fraction of sp³-hybridized carbons (Fsp3) is 0.643. The van der Waals surface area contributed by atoms with E-state index in [-0.39, 0.29) is 37.5 Å². The molecule has 0 rings (SSSR count). The zero-order chi connectivity index (χ0) is 55.0. The molecule has 76 heavy (non-hydrogen) atoms. The van der Waals surface area contributed by atoms with Crippen LogP contribution in [0, 0.1) is 0 Å². The number of carbonyl (C=O) groups excluding carboxylic acids is 3. The van der Waals surface area contributed by atoms with Gasteiger partial charge in [-0.05, 0) is 135 Å². The number of unbranched alkanes of at least 4 members (excludes halogenated alkanes) is 22. The molecule has 6 heteroatoms. The molecule has 6 nitrogen and oxygen atoms in total. The predicted octanol–water partition coefficient (Wildman–Crippen LogP) is 21.4. The van der Waals surface area contributed by atoms with Crippen LogP contribution < -0.4 is 0 Å². The van der Waals surface area contributed by atoms with Crippen molar-refractivity contribution in [3.63, 3.8) is 0 Å². The second-order valence-electron chi connectivity index (χ2n) is 20.2. The number of ether oxygens (including phenoxy) is 3. The molecule has 0 amide bonds. The molecular weight excluding hydrogens is 937 g/mol. The third-order valence-corrected chi connectivity index (χ3v) is 12.9. The Hall–Kier alpha value is -4.45. The zero-order valence-electron chi connectivity index (χ0n) is 49.2. The molecule has 0 N–H and O–H groups in total. The Morgan fingerprint density at radius 3 is 0.895 bits per heavy atom. The number of allylic oxidation sites excluding steroid dienone is 22. The van der Waals surface area contributed by atoms with Crippen LogP contribution in [0.5, 0.6) is 0 Å². The molecule has 0 spiro atoms. The molecule has 1 atom stereocenters. The van der Waals surface area contributed by atoms with E-state index in [4.69, 9.17) is 14.2 Å². The van der Waals surface area contributed by atoms with Gasteiger partial charge in [0.1, 0.15) is 13.2 Å². The first-order chi connectivity index (χ1) is 37.5. The fourth-order valence-corrected chi connectivity index (χ4v) is 8.20. The summed E-state index contributed by atoms with van der Waals surface area (Å²) in [4.78, 5) is 38.2. The van der Waals surface area contributed by atoms with Crippen molar-refractivity contribution in [1.82, 2.24) is 0 Å². The van der Waals surface area contributed by atoms with Gasteiger partial charge in [-0.15, -0.1) is 0 Å². The van der Waals surface area contributed by atoms with E-state index in [2.05, 4.69) is 154 Å². The van der Waals surface area contributed by atoms with Crippen molar-refractivity contribution < 1.29 is 28.6 Å². The summed E-state index contributed by atoms with van der Waals surface area (Å²) < 4.78 is 16.8. The molecule has 0 aliphatic carbocycles. The number of esters is 3. The van der Waals surface area contributed by atoms with Gasteiger partial charge in [-0.2, -0.15) is 0 Å². The molecule has 0 radical (unpaired) electrons. The summed E-state index contributed by atoms with van der Waals surface area (Å²) in [6.45, 7) is 6.43. The SMILES string of the molecule is CC/C=C\C/C=C\C/C=C\C/C=C\C/C=C\C/C=C\C/C=C\CCCC(=O)OCC(COC(=O)CCCCCCC/C=C\CCCCC)OC(=O)CCCCCCCCCC/C=C\C/C=C\C/C=C\CCCCCCC. The van der Waals surface area contributed by atoms with E-state index >= 15 is 0 Å². The highest BCUT2D eigenvalue weighted by Crippen LogP contribution is 2.14. The lowest BCUT2D eigenvalue weighted by Crippen LogP contribution is -2.30. The molecule has 0 saturated carbocycles. The quantitative estimate of drug-likeness (QED) is 0.0261. The first-order valence-corrected chi connectivity index (χ1v) is 31.2. The molecule has 0 aromatic rings. The van der Waals surface area contributed by atoms with Crippen LogP contribution in [0.1, 0.15) is 271 Å². The normalized spacial score (nSPS) is 13.0. The summed E-state index contributed by atoms with van der Waals surface area (Å²) in [6.07, 6.45) is 88.8. The molecule has 1 unspecified atom stereocenters. The van der Waals surface area contributed by atoms with Gasteiger partial charge in [0.2, 0.25) is 0 Å². The van der Waals surface area contributed by atoms with E-state index < -0.39 is 6.10 Å². The lowest BCUT2D eigenvalue weighted by molar-refractivity contribution is -0.167. The van der Waals surface area contributed by atoms with Gasteiger partial charge in [0.25, 0.3) is 0 Å². The third kappa shape index (κ3) is 60.4. The Kier molecular flexibility index (Phi) is 59.4. The highest BCUT2D eigenvalue weighted by atomic mass is 16.6. The van der Waals surface area contributed by atoms with Crippen LogP contribution in [0.15, 0.2) is 134 Å². The van der Waals surface area contributed by atoms with Gasteiger partial charge >= 0.3 is 17.9 Å². The van der Waals surface area contributed by atoms with Gasteiger partial charge in [-0.25, -0.2) is 0 Å². The van der Waals surface area contributed by atoms with Crippen molar-refractivity contribution >= 4 is 17.9 Å². The summed E-state index contributed by atoms with van der Waals surface area (Å²) >= 11 is 0. The summed E-state index contributed by atoms with van der Waals surface area (Å²) in [5.41, 5.74) is 0. The standard InChI is InChI=1S/C70H114O6/c1-4-7-10-13-16-19-22-25-27-29-31-33-35-37-39-41-43-45-48-51-54-57-60-63-69(72)75-66-67(65-74-68(71)62-59-56-53-50-47-24-21-18-15-12-9-6-3)76-70(73)64-61-58-55-52-49-46-44-42-40-38-36-34-32-30-28-26-23-20-17-14-11-8-5-2/h7,10,16,18-19,21,23,25-27,30-33,36-39,43,45,51,54,67H,4-6,8-9,11-15,17,20,22,24,28-29,34-35,40-42,44,46-50,52-53,55-66H2,1-3H3/b10-7-,19-16-,21-18-,26-23-,27-25-,32-30-,33-31-,38-36-,39-37-,45-43-,54-51-. The van der Waals surface area contributed by atoms with E-state index in [1.165, 1.54) is 103 Å². The molecule has 0 heterocycles. The van der Waals surface area contributed by atoms with Crippen LogP contribution in [0.2, 0.25) is 0 Å². The second kappa shape index (κ2) is 63.1. The Morgan fingerprint density at radius 2 is 0.526 bits per heavy atom. The van der Waals surface area contributed by atoms with Crippen LogP contribution in [0.25, 0.3) is 0 Å². The minimum atomic E-state index is -0.815. The van der Waals surface area contributed by atoms with Crippen LogP contribution in [-0.4, -0.2) is 37.2 Å². The highest BCUT2D eigenvalue weighted by Gasteiger charge is 2.19. The van der Waals surface area contributed by atoms with Gasteiger partial charge in [-0.3, -0.25) is 14.4 Å². The second-order valence-corrected chi connectivity index (χ2v) is 20.2. The maximum absolute atomic E-state index is 12.9. The lowest BCUT2D eigenvalue weighted by Gasteiger charge is -2.18.